The Balaban J connectivity index is 1.61. The van der Waals surface area contributed by atoms with Gasteiger partial charge in [0.15, 0.2) is 0 Å². The number of anilines is 2. The number of hydrogen-bond acceptors (Lipinski definition) is 8. The second-order valence-electron chi connectivity index (χ2n) is 9.29. The molecular formula is C28H19N5O6. The van der Waals surface area contributed by atoms with Gasteiger partial charge in [0.25, 0.3) is 5.69 Å². The third-order valence-corrected chi connectivity index (χ3v) is 7.33. The Morgan fingerprint density at radius 2 is 1.82 bits per heavy atom. The number of fused-ring (bicyclic) bond motifs is 5. The van der Waals surface area contributed by atoms with Crippen molar-refractivity contribution in [1.29, 1.82) is 0 Å². The zero-order valence-electron chi connectivity index (χ0n) is 20.4. The van der Waals surface area contributed by atoms with Gasteiger partial charge < -0.3 is 20.1 Å². The van der Waals surface area contributed by atoms with Gasteiger partial charge in [0.05, 0.1) is 34.7 Å². The van der Waals surface area contributed by atoms with E-state index >= 15 is 0 Å². The van der Waals surface area contributed by atoms with E-state index < -0.39 is 22.2 Å². The predicted octanol–water partition coefficient (Wildman–Crippen LogP) is 3.93. The van der Waals surface area contributed by atoms with Crippen LogP contribution in [0.2, 0.25) is 0 Å². The van der Waals surface area contributed by atoms with Crippen LogP contribution in [-0.4, -0.2) is 40.3 Å². The fourth-order valence-electron chi connectivity index (χ4n) is 5.65. The highest BCUT2D eigenvalue weighted by atomic mass is 16.6. The van der Waals surface area contributed by atoms with Gasteiger partial charge >= 0.3 is 5.97 Å². The molecule has 1 amide bonds. The average molecular weight is 521 g/mol. The average Bonchev–Trinajstić information content (AvgIpc) is 3.61. The molecule has 3 aliphatic heterocycles. The van der Waals surface area contributed by atoms with E-state index in [0.29, 0.717) is 51.0 Å². The van der Waals surface area contributed by atoms with Crippen molar-refractivity contribution in [3.05, 3.63) is 105 Å². The highest BCUT2D eigenvalue weighted by Gasteiger charge is 2.62. The number of ether oxygens (including phenoxy) is 2. The number of carbonyl (C=O) groups is 2. The molecule has 1 aromatic heterocycles. The van der Waals surface area contributed by atoms with Crippen LogP contribution in [0.1, 0.15) is 11.1 Å². The Labute approximate surface area is 220 Å². The van der Waals surface area contributed by atoms with E-state index in [2.05, 4.69) is 10.6 Å². The zero-order valence-corrected chi connectivity index (χ0v) is 20.4. The maximum absolute atomic E-state index is 14.1. The van der Waals surface area contributed by atoms with Crippen molar-refractivity contribution >= 4 is 29.1 Å². The Morgan fingerprint density at radius 3 is 2.54 bits per heavy atom. The number of carbonyl (C=O) groups excluding carboxylic acids is 2. The molecule has 1 spiro atoms. The third-order valence-electron chi connectivity index (χ3n) is 7.33. The van der Waals surface area contributed by atoms with Crippen LogP contribution in [0.4, 0.5) is 17.2 Å². The molecule has 1 atom stereocenters. The second kappa shape index (κ2) is 8.02. The molecule has 3 aromatic carbocycles. The van der Waals surface area contributed by atoms with Gasteiger partial charge in [-0.15, -0.1) is 0 Å². The summed E-state index contributed by atoms with van der Waals surface area (Å²) < 4.78 is 12.4. The number of methoxy groups -OCH3 is 1. The molecule has 0 bridgehead atoms. The topological polar surface area (TPSA) is 138 Å². The van der Waals surface area contributed by atoms with Gasteiger partial charge in [-0.2, -0.15) is 5.10 Å². The fourth-order valence-corrected chi connectivity index (χ4v) is 5.65. The van der Waals surface area contributed by atoms with Crippen LogP contribution < -0.4 is 15.4 Å². The molecule has 192 valence electrons. The molecule has 39 heavy (non-hydrogen) atoms. The first-order valence-electron chi connectivity index (χ1n) is 12.0. The minimum absolute atomic E-state index is 0.0820. The molecule has 4 aromatic rings. The lowest BCUT2D eigenvalue weighted by atomic mass is 9.67. The molecule has 0 saturated carbocycles. The van der Waals surface area contributed by atoms with E-state index in [4.69, 9.17) is 14.6 Å². The number of nitro groups is 1. The molecule has 4 heterocycles. The lowest BCUT2D eigenvalue weighted by Crippen LogP contribution is -2.43. The summed E-state index contributed by atoms with van der Waals surface area (Å²) in [5.74, 6) is -0.0818. The quantitative estimate of drug-likeness (QED) is 0.234. The van der Waals surface area contributed by atoms with Crippen LogP contribution in [0, 0.1) is 10.1 Å². The number of nitrogens with one attached hydrogen (secondary N) is 2. The highest BCUT2D eigenvalue weighted by molar-refractivity contribution is 6.20. The van der Waals surface area contributed by atoms with Gasteiger partial charge in [-0.3, -0.25) is 14.9 Å². The second-order valence-corrected chi connectivity index (χ2v) is 9.29. The van der Waals surface area contributed by atoms with Crippen LogP contribution in [0.25, 0.3) is 16.9 Å². The minimum Gasteiger partial charge on any atom is -0.497 e. The van der Waals surface area contributed by atoms with Gasteiger partial charge in [0.2, 0.25) is 5.91 Å². The molecule has 0 aliphatic carbocycles. The maximum atomic E-state index is 14.1. The molecule has 2 N–H and O–H groups in total. The van der Waals surface area contributed by atoms with Gasteiger partial charge in [0.1, 0.15) is 23.6 Å². The Kier molecular flexibility index (Phi) is 4.67. The summed E-state index contributed by atoms with van der Waals surface area (Å²) in [7, 11) is 1.57. The zero-order chi connectivity index (χ0) is 26.9. The number of amides is 1. The van der Waals surface area contributed by atoms with Crippen LogP contribution in [0.15, 0.2) is 84.1 Å². The predicted molar refractivity (Wildman–Crippen MR) is 140 cm³/mol. The summed E-state index contributed by atoms with van der Waals surface area (Å²) >= 11 is 0. The van der Waals surface area contributed by atoms with Crippen molar-refractivity contribution in [2.75, 3.05) is 24.4 Å². The van der Waals surface area contributed by atoms with Crippen molar-refractivity contribution in [3.63, 3.8) is 0 Å². The number of non-ortho nitro benzene ring substituents is 1. The summed E-state index contributed by atoms with van der Waals surface area (Å²) in [6.45, 7) is -0.0820. The standard InChI is InChI=1S/C28H19N5O6/c1-38-18-10-7-16(8-11-18)32-25-23(24(31-32)15-5-3-2-4-6-15)28(22-21(29-25)14-39-26(22)34)19-13-17(33(36)37)9-12-20(19)30-27(28)35/h2-13,29H,14H2,1H3,(H,30,35). The molecule has 11 heteroatoms. The van der Waals surface area contributed by atoms with Crippen LogP contribution in [0.3, 0.4) is 0 Å². The number of rotatable bonds is 4. The van der Waals surface area contributed by atoms with E-state index in [0.717, 1.165) is 0 Å². The van der Waals surface area contributed by atoms with E-state index in [9.17, 15) is 19.7 Å². The lowest BCUT2D eigenvalue weighted by molar-refractivity contribution is -0.384. The number of cyclic esters (lactones) is 1. The molecule has 11 nitrogen and oxygen atoms in total. The highest BCUT2D eigenvalue weighted by Crippen LogP contribution is 2.57. The van der Waals surface area contributed by atoms with Gasteiger partial charge in [-0.25, -0.2) is 9.48 Å². The lowest BCUT2D eigenvalue weighted by Gasteiger charge is -2.33. The van der Waals surface area contributed by atoms with Crippen molar-refractivity contribution in [3.8, 4) is 22.7 Å². The molecule has 1 unspecified atom stereocenters. The summed E-state index contributed by atoms with van der Waals surface area (Å²) in [4.78, 5) is 38.7. The van der Waals surface area contributed by atoms with E-state index in [1.54, 1.807) is 23.9 Å². The maximum Gasteiger partial charge on any atom is 0.338 e. The summed E-state index contributed by atoms with van der Waals surface area (Å²) in [6.07, 6.45) is 0. The Bertz CT molecular complexity index is 1760. The van der Waals surface area contributed by atoms with Gasteiger partial charge in [0, 0.05) is 34.5 Å². The number of aromatic nitrogens is 2. The molecule has 7 rings (SSSR count). The van der Waals surface area contributed by atoms with Gasteiger partial charge in [-0.1, -0.05) is 30.3 Å². The van der Waals surface area contributed by atoms with Crippen LogP contribution in [0.5, 0.6) is 5.75 Å². The number of nitrogens with zero attached hydrogens (tertiary/aromatic N) is 3. The smallest absolute Gasteiger partial charge is 0.338 e. The number of benzene rings is 3. The first-order chi connectivity index (χ1) is 18.9. The normalized spacial score (nSPS) is 18.7. The fraction of sp³-hybridized carbons (Fsp3) is 0.107. The van der Waals surface area contributed by atoms with Gasteiger partial charge in [-0.05, 0) is 30.3 Å². The monoisotopic (exact) mass is 521 g/mol. The van der Waals surface area contributed by atoms with Crippen molar-refractivity contribution in [1.82, 2.24) is 9.78 Å². The Morgan fingerprint density at radius 1 is 1.05 bits per heavy atom. The first kappa shape index (κ1) is 22.7. The molecule has 0 fully saturated rings. The summed E-state index contributed by atoms with van der Waals surface area (Å²) in [5.41, 5.74) is 1.43. The first-order valence-corrected chi connectivity index (χ1v) is 12.0. The number of esters is 1. The molecule has 3 aliphatic rings. The van der Waals surface area contributed by atoms with Crippen molar-refractivity contribution < 1.29 is 24.0 Å². The summed E-state index contributed by atoms with van der Waals surface area (Å²) in [6, 6.07) is 20.6. The van der Waals surface area contributed by atoms with Crippen molar-refractivity contribution in [2.45, 2.75) is 5.41 Å². The van der Waals surface area contributed by atoms with Crippen LogP contribution >= 0.6 is 0 Å². The molecule has 0 radical (unpaired) electrons. The summed E-state index contributed by atoms with van der Waals surface area (Å²) in [5, 5.41) is 22.9. The van der Waals surface area contributed by atoms with E-state index in [-0.39, 0.29) is 17.9 Å². The molecule has 0 saturated heterocycles. The largest absolute Gasteiger partial charge is 0.497 e. The molecular weight excluding hydrogens is 502 g/mol. The van der Waals surface area contributed by atoms with Crippen molar-refractivity contribution in [2.24, 2.45) is 0 Å². The van der Waals surface area contributed by atoms with E-state index in [1.807, 2.05) is 42.5 Å². The number of nitro benzene ring substituents is 1. The SMILES string of the molecule is COc1ccc(-n2nc(-c3ccccc3)c3c2NC2=C(C(=O)OC2)C32C(=O)Nc3ccc([N+](=O)[O-])cc32)cc1. The van der Waals surface area contributed by atoms with Crippen LogP contribution in [-0.2, 0) is 19.7 Å². The minimum atomic E-state index is -1.74. The van der Waals surface area contributed by atoms with E-state index in [1.165, 1.54) is 18.2 Å². The third kappa shape index (κ3) is 3.00. The number of hydrogen-bond donors (Lipinski definition) is 2. The Hall–Kier alpha value is -5.45.